The Kier molecular flexibility index (Phi) is 3.84. The molecule has 0 radical (unpaired) electrons. The lowest BCUT2D eigenvalue weighted by Gasteiger charge is -2.06. The van der Waals surface area contributed by atoms with E-state index in [1.165, 1.54) is 18.2 Å². The summed E-state index contributed by atoms with van der Waals surface area (Å²) in [7, 11) is 0. The Bertz CT molecular complexity index is 582. The van der Waals surface area contributed by atoms with E-state index in [9.17, 15) is 9.18 Å². The molecule has 0 fully saturated rings. The van der Waals surface area contributed by atoms with Gasteiger partial charge in [-0.05, 0) is 24.3 Å². The molecule has 1 heterocycles. The maximum Gasteiger partial charge on any atom is 0.345 e. The summed E-state index contributed by atoms with van der Waals surface area (Å²) in [6.07, 6.45) is 0. The lowest BCUT2D eigenvalue weighted by atomic mass is 10.3. The molecule has 18 heavy (non-hydrogen) atoms. The molecule has 0 aliphatic rings. The number of benzene rings is 1. The van der Waals surface area contributed by atoms with Crippen molar-refractivity contribution in [3.8, 4) is 5.75 Å². The Morgan fingerprint density at radius 2 is 2.17 bits per heavy atom. The van der Waals surface area contributed by atoms with Crippen LogP contribution in [0.5, 0.6) is 5.75 Å². The summed E-state index contributed by atoms with van der Waals surface area (Å²) >= 11 is 6.70. The summed E-state index contributed by atoms with van der Waals surface area (Å²) in [5, 5.41) is 8.75. The quantitative estimate of drug-likeness (QED) is 0.929. The Hall–Kier alpha value is -1.59. The SMILES string of the molecule is O=C(O)c1ccc(COc2cccc(Cl)c2F)s1. The van der Waals surface area contributed by atoms with Crippen molar-refractivity contribution >= 4 is 28.9 Å². The molecule has 2 aromatic rings. The van der Waals surface area contributed by atoms with Crippen LogP contribution in [-0.2, 0) is 6.61 Å². The Labute approximate surface area is 111 Å². The van der Waals surface area contributed by atoms with E-state index in [1.54, 1.807) is 12.1 Å². The number of thiophene rings is 1. The number of halogens is 2. The molecule has 6 heteroatoms. The molecule has 1 aromatic heterocycles. The second-order valence-corrected chi connectivity index (χ2v) is 4.99. The summed E-state index contributed by atoms with van der Waals surface area (Å²) in [6, 6.07) is 7.60. The molecule has 0 bridgehead atoms. The highest BCUT2D eigenvalue weighted by atomic mass is 35.5. The first-order valence-corrected chi connectivity index (χ1v) is 6.16. The normalized spacial score (nSPS) is 10.3. The fourth-order valence-corrected chi connectivity index (χ4v) is 2.24. The second kappa shape index (κ2) is 5.37. The highest BCUT2D eigenvalue weighted by molar-refractivity contribution is 7.13. The zero-order chi connectivity index (χ0) is 13.1. The van der Waals surface area contributed by atoms with Crippen LogP contribution in [-0.4, -0.2) is 11.1 Å². The van der Waals surface area contributed by atoms with Gasteiger partial charge in [-0.15, -0.1) is 11.3 Å². The van der Waals surface area contributed by atoms with Gasteiger partial charge in [0.1, 0.15) is 11.5 Å². The molecule has 0 saturated heterocycles. The molecule has 0 atom stereocenters. The molecule has 94 valence electrons. The minimum Gasteiger partial charge on any atom is -0.485 e. The van der Waals surface area contributed by atoms with E-state index in [0.29, 0.717) is 4.88 Å². The molecular formula is C12H8ClFO3S. The number of carboxylic acid groups (broad SMARTS) is 1. The number of ether oxygens (including phenoxy) is 1. The van der Waals surface area contributed by atoms with Gasteiger partial charge in [-0.1, -0.05) is 17.7 Å². The smallest absolute Gasteiger partial charge is 0.345 e. The van der Waals surface area contributed by atoms with Crippen molar-refractivity contribution in [2.45, 2.75) is 6.61 Å². The third-order valence-corrected chi connectivity index (χ3v) is 3.50. The number of carboxylic acids is 1. The molecule has 0 amide bonds. The molecular weight excluding hydrogens is 279 g/mol. The summed E-state index contributed by atoms with van der Waals surface area (Å²) in [6.45, 7) is 0.106. The maximum absolute atomic E-state index is 13.5. The third kappa shape index (κ3) is 2.80. The van der Waals surface area contributed by atoms with Gasteiger partial charge >= 0.3 is 5.97 Å². The van der Waals surface area contributed by atoms with Crippen molar-refractivity contribution in [2.75, 3.05) is 0 Å². The Morgan fingerprint density at radius 1 is 1.39 bits per heavy atom. The van der Waals surface area contributed by atoms with Gasteiger partial charge in [0, 0.05) is 4.88 Å². The van der Waals surface area contributed by atoms with Gasteiger partial charge < -0.3 is 9.84 Å². The summed E-state index contributed by atoms with van der Waals surface area (Å²) in [5.41, 5.74) is 0. The van der Waals surface area contributed by atoms with Crippen molar-refractivity contribution in [3.63, 3.8) is 0 Å². The van der Waals surface area contributed by atoms with Crippen LogP contribution < -0.4 is 4.74 Å². The van der Waals surface area contributed by atoms with Crippen LogP contribution in [0.1, 0.15) is 14.5 Å². The standard InChI is InChI=1S/C12H8ClFO3S/c13-8-2-1-3-9(11(8)14)17-6-7-4-5-10(18-7)12(15)16/h1-5H,6H2,(H,15,16). The van der Waals surface area contributed by atoms with E-state index in [0.717, 1.165) is 11.3 Å². The number of hydrogen-bond acceptors (Lipinski definition) is 3. The van der Waals surface area contributed by atoms with Crippen LogP contribution in [0.25, 0.3) is 0 Å². The first kappa shape index (κ1) is 12.9. The van der Waals surface area contributed by atoms with E-state index in [2.05, 4.69) is 0 Å². The number of rotatable bonds is 4. The van der Waals surface area contributed by atoms with Crippen molar-refractivity contribution in [3.05, 3.63) is 50.9 Å². The average Bonchev–Trinajstić information content (AvgIpc) is 2.80. The topological polar surface area (TPSA) is 46.5 Å². The molecule has 0 aliphatic heterocycles. The lowest BCUT2D eigenvalue weighted by Crippen LogP contribution is -1.95. The van der Waals surface area contributed by atoms with E-state index in [1.807, 2.05) is 0 Å². The van der Waals surface area contributed by atoms with Crippen LogP contribution in [0, 0.1) is 5.82 Å². The van der Waals surface area contributed by atoms with Crippen LogP contribution in [0.2, 0.25) is 5.02 Å². The first-order valence-electron chi connectivity index (χ1n) is 4.96. The third-order valence-electron chi connectivity index (χ3n) is 2.16. The van der Waals surface area contributed by atoms with Crippen molar-refractivity contribution in [1.82, 2.24) is 0 Å². The fraction of sp³-hybridized carbons (Fsp3) is 0.0833. The molecule has 0 saturated carbocycles. The maximum atomic E-state index is 13.5. The minimum atomic E-state index is -0.986. The highest BCUT2D eigenvalue weighted by Crippen LogP contribution is 2.26. The van der Waals surface area contributed by atoms with E-state index in [-0.39, 0.29) is 22.3 Å². The van der Waals surface area contributed by atoms with Crippen molar-refractivity contribution in [2.24, 2.45) is 0 Å². The van der Waals surface area contributed by atoms with Gasteiger partial charge in [0.2, 0.25) is 0 Å². The van der Waals surface area contributed by atoms with Crippen LogP contribution >= 0.6 is 22.9 Å². The zero-order valence-corrected chi connectivity index (χ0v) is 10.6. The van der Waals surface area contributed by atoms with E-state index < -0.39 is 11.8 Å². The monoisotopic (exact) mass is 286 g/mol. The van der Waals surface area contributed by atoms with Crippen molar-refractivity contribution < 1.29 is 19.0 Å². The first-order chi connectivity index (χ1) is 8.58. The van der Waals surface area contributed by atoms with Crippen LogP contribution in [0.4, 0.5) is 4.39 Å². The molecule has 1 aromatic carbocycles. The molecule has 0 unspecified atom stereocenters. The number of carbonyl (C=O) groups is 1. The molecule has 3 nitrogen and oxygen atoms in total. The molecule has 0 aliphatic carbocycles. The average molecular weight is 287 g/mol. The minimum absolute atomic E-state index is 0.00935. The van der Waals surface area contributed by atoms with Gasteiger partial charge in [0.15, 0.2) is 11.6 Å². The molecule has 0 spiro atoms. The number of aromatic carboxylic acids is 1. The summed E-state index contributed by atoms with van der Waals surface area (Å²) < 4.78 is 18.7. The summed E-state index contributed by atoms with van der Waals surface area (Å²) in [4.78, 5) is 11.6. The molecule has 2 rings (SSSR count). The van der Waals surface area contributed by atoms with Gasteiger partial charge in [-0.3, -0.25) is 0 Å². The largest absolute Gasteiger partial charge is 0.485 e. The second-order valence-electron chi connectivity index (χ2n) is 3.41. The van der Waals surface area contributed by atoms with Gasteiger partial charge in [-0.2, -0.15) is 0 Å². The highest BCUT2D eigenvalue weighted by Gasteiger charge is 2.10. The Morgan fingerprint density at radius 3 is 2.83 bits per heavy atom. The molecule has 1 N–H and O–H groups in total. The Balaban J connectivity index is 2.07. The van der Waals surface area contributed by atoms with Crippen LogP contribution in [0.15, 0.2) is 30.3 Å². The lowest BCUT2D eigenvalue weighted by molar-refractivity contribution is 0.0702. The zero-order valence-electron chi connectivity index (χ0n) is 9.02. The fourth-order valence-electron chi connectivity index (χ4n) is 1.31. The van der Waals surface area contributed by atoms with Crippen molar-refractivity contribution in [1.29, 1.82) is 0 Å². The predicted molar refractivity (Wildman–Crippen MR) is 67.0 cm³/mol. The van der Waals surface area contributed by atoms with Gasteiger partial charge in [-0.25, -0.2) is 9.18 Å². The van der Waals surface area contributed by atoms with E-state index in [4.69, 9.17) is 21.4 Å². The van der Waals surface area contributed by atoms with Gasteiger partial charge in [0.25, 0.3) is 0 Å². The van der Waals surface area contributed by atoms with E-state index >= 15 is 0 Å². The van der Waals surface area contributed by atoms with Gasteiger partial charge in [0.05, 0.1) is 5.02 Å². The summed E-state index contributed by atoms with van der Waals surface area (Å²) in [5.74, 6) is -1.55. The van der Waals surface area contributed by atoms with Crippen LogP contribution in [0.3, 0.4) is 0 Å². The number of hydrogen-bond donors (Lipinski definition) is 1. The predicted octanol–water partition coefficient (Wildman–Crippen LogP) is 3.82.